The lowest BCUT2D eigenvalue weighted by atomic mass is 10.0. The van der Waals surface area contributed by atoms with Gasteiger partial charge in [-0.3, -0.25) is 0 Å². The number of likely N-dealkylation sites (N-methyl/N-ethyl adjacent to an activating group) is 2. The van der Waals surface area contributed by atoms with E-state index in [1.54, 1.807) is 0 Å². The summed E-state index contributed by atoms with van der Waals surface area (Å²) in [6.07, 6.45) is 42.5. The zero-order valence-corrected chi connectivity index (χ0v) is 29.6. The number of nitrogens with zero attached hydrogens (tertiary/aromatic N) is 2. The molecule has 0 radical (unpaired) electrons. The first-order valence-electron chi connectivity index (χ1n) is 19.7. The molecule has 2 atom stereocenters. The highest BCUT2D eigenvalue weighted by Gasteiger charge is 2.32. The summed E-state index contributed by atoms with van der Waals surface area (Å²) in [6, 6.07) is 0. The monoisotopic (exact) mass is 579 g/mol. The third-order valence-electron chi connectivity index (χ3n) is 10.7. The van der Waals surface area contributed by atoms with E-state index in [0.717, 1.165) is 0 Å². The molecule has 1 saturated heterocycles. The Kier molecular flexibility index (Phi) is 26.1. The van der Waals surface area contributed by atoms with Gasteiger partial charge in [-0.25, -0.2) is 0 Å². The Bertz CT molecular complexity index is 488. The van der Waals surface area contributed by atoms with Crippen molar-refractivity contribution in [1.82, 2.24) is 0 Å². The predicted molar refractivity (Wildman–Crippen MR) is 187 cm³/mol. The van der Waals surface area contributed by atoms with Crippen molar-refractivity contribution in [2.24, 2.45) is 0 Å². The van der Waals surface area contributed by atoms with Gasteiger partial charge < -0.3 is 8.97 Å². The molecule has 0 aliphatic carbocycles. The van der Waals surface area contributed by atoms with E-state index in [4.69, 9.17) is 0 Å². The van der Waals surface area contributed by atoms with Gasteiger partial charge in [0.25, 0.3) is 0 Å². The van der Waals surface area contributed by atoms with Gasteiger partial charge in [0.15, 0.2) is 0 Å². The number of quaternary nitrogens is 2. The van der Waals surface area contributed by atoms with E-state index < -0.39 is 0 Å². The average molecular weight is 579 g/mol. The van der Waals surface area contributed by atoms with Gasteiger partial charge in [0, 0.05) is 6.42 Å². The zero-order valence-electron chi connectivity index (χ0n) is 29.6. The molecule has 1 heterocycles. The molecule has 2 heteroatoms. The normalized spacial score (nSPS) is 21.4. The van der Waals surface area contributed by atoms with Crippen molar-refractivity contribution in [2.45, 2.75) is 200 Å². The Balaban J connectivity index is 1.95. The molecule has 0 amide bonds. The van der Waals surface area contributed by atoms with Crippen molar-refractivity contribution >= 4 is 0 Å². The van der Waals surface area contributed by atoms with E-state index >= 15 is 0 Å². The minimum Gasteiger partial charge on any atom is -0.321 e. The van der Waals surface area contributed by atoms with Crippen LogP contribution in [-0.4, -0.2) is 62.3 Å². The minimum absolute atomic E-state index is 1.35. The van der Waals surface area contributed by atoms with E-state index in [0.29, 0.717) is 0 Å². The second kappa shape index (κ2) is 27.5. The zero-order chi connectivity index (χ0) is 29.7. The topological polar surface area (TPSA) is 0 Å². The van der Waals surface area contributed by atoms with Gasteiger partial charge in [-0.15, -0.1) is 0 Å². The molecule has 0 spiro atoms. The van der Waals surface area contributed by atoms with Crippen LogP contribution < -0.4 is 0 Å². The van der Waals surface area contributed by atoms with Gasteiger partial charge in [0.2, 0.25) is 0 Å². The van der Waals surface area contributed by atoms with Crippen LogP contribution in [0.2, 0.25) is 0 Å². The standard InChI is InChI=1S/C39H82N2/c1-5-7-9-11-13-15-17-19-21-23-25-27-29-31-34-40(3)36-33-37-41(4,39-38-40)35-32-30-28-26-24-22-20-18-16-14-12-10-8-6-2/h5-39H2,1-4H3/q+2. The SMILES string of the molecule is CCCCCCCCCCCCCCCC[N+]1(C)CCC[N+](C)(CCCCCCCCCCCCCCCC)CC1. The fourth-order valence-electron chi connectivity index (χ4n) is 7.36. The summed E-state index contributed by atoms with van der Waals surface area (Å²) in [6.45, 7) is 13.1. The fourth-order valence-corrected chi connectivity index (χ4v) is 7.36. The lowest BCUT2D eigenvalue weighted by molar-refractivity contribution is -0.946. The molecule has 41 heavy (non-hydrogen) atoms. The van der Waals surface area contributed by atoms with Gasteiger partial charge >= 0.3 is 0 Å². The second-order valence-electron chi connectivity index (χ2n) is 15.1. The maximum atomic E-state index is 2.57. The Morgan fingerprint density at radius 3 is 0.756 bits per heavy atom. The highest BCUT2D eigenvalue weighted by atomic mass is 15.4. The van der Waals surface area contributed by atoms with Crippen LogP contribution in [0, 0.1) is 0 Å². The summed E-state index contributed by atoms with van der Waals surface area (Å²) >= 11 is 0. The molecule has 2 nitrogen and oxygen atoms in total. The first kappa shape index (κ1) is 38.9. The third-order valence-corrected chi connectivity index (χ3v) is 10.7. The largest absolute Gasteiger partial charge is 0.321 e. The summed E-state index contributed by atoms with van der Waals surface area (Å²) in [4.78, 5) is 0. The number of hydrogen-bond acceptors (Lipinski definition) is 0. The Labute approximate surface area is 262 Å². The van der Waals surface area contributed by atoms with Crippen molar-refractivity contribution in [3.63, 3.8) is 0 Å². The molecular weight excluding hydrogens is 496 g/mol. The molecule has 0 aromatic rings. The van der Waals surface area contributed by atoms with Crippen LogP contribution in [0.15, 0.2) is 0 Å². The van der Waals surface area contributed by atoms with Crippen LogP contribution in [0.25, 0.3) is 0 Å². The van der Waals surface area contributed by atoms with Crippen LogP contribution in [0.4, 0.5) is 0 Å². The lowest BCUT2D eigenvalue weighted by Gasteiger charge is -2.35. The lowest BCUT2D eigenvalue weighted by Crippen LogP contribution is -2.51. The van der Waals surface area contributed by atoms with Crippen molar-refractivity contribution in [1.29, 1.82) is 0 Å². The van der Waals surface area contributed by atoms with Crippen molar-refractivity contribution in [3.8, 4) is 0 Å². The van der Waals surface area contributed by atoms with Gasteiger partial charge in [-0.1, -0.05) is 168 Å². The molecule has 0 aromatic carbocycles. The Morgan fingerprint density at radius 2 is 0.512 bits per heavy atom. The first-order chi connectivity index (χ1) is 20.0. The molecule has 2 unspecified atom stereocenters. The summed E-state index contributed by atoms with van der Waals surface area (Å²) in [5.41, 5.74) is 0. The number of unbranched alkanes of at least 4 members (excludes halogenated alkanes) is 26. The van der Waals surface area contributed by atoms with E-state index in [2.05, 4.69) is 27.9 Å². The molecule has 246 valence electrons. The van der Waals surface area contributed by atoms with Crippen molar-refractivity contribution < 1.29 is 8.97 Å². The summed E-state index contributed by atoms with van der Waals surface area (Å²) in [5.74, 6) is 0. The van der Waals surface area contributed by atoms with Crippen LogP contribution in [-0.2, 0) is 0 Å². The van der Waals surface area contributed by atoms with Crippen LogP contribution in [0.3, 0.4) is 0 Å². The van der Waals surface area contributed by atoms with Gasteiger partial charge in [-0.05, 0) is 25.7 Å². The molecule has 0 saturated carbocycles. The molecule has 1 aliphatic heterocycles. The van der Waals surface area contributed by atoms with Gasteiger partial charge in [-0.2, -0.15) is 0 Å². The van der Waals surface area contributed by atoms with Crippen molar-refractivity contribution in [3.05, 3.63) is 0 Å². The van der Waals surface area contributed by atoms with Gasteiger partial charge in [0.05, 0.1) is 40.3 Å². The van der Waals surface area contributed by atoms with Gasteiger partial charge in [0.1, 0.15) is 13.1 Å². The minimum atomic E-state index is 1.35. The number of hydrogen-bond donors (Lipinski definition) is 0. The highest BCUT2D eigenvalue weighted by molar-refractivity contribution is 4.55. The molecule has 1 aliphatic rings. The number of rotatable bonds is 30. The third kappa shape index (κ3) is 24.0. The summed E-state index contributed by atoms with van der Waals surface area (Å²) in [7, 11) is 5.15. The van der Waals surface area contributed by atoms with E-state index in [1.807, 2.05) is 0 Å². The molecule has 0 N–H and O–H groups in total. The Hall–Kier alpha value is -0.0800. The van der Waals surface area contributed by atoms with Crippen LogP contribution >= 0.6 is 0 Å². The summed E-state index contributed by atoms with van der Waals surface area (Å²) < 4.78 is 2.70. The fraction of sp³-hybridized carbons (Fsp3) is 1.00. The molecule has 0 bridgehead atoms. The van der Waals surface area contributed by atoms with E-state index in [9.17, 15) is 0 Å². The summed E-state index contributed by atoms with van der Waals surface area (Å²) in [5, 5.41) is 0. The maximum absolute atomic E-state index is 2.57. The quantitative estimate of drug-likeness (QED) is 0.0587. The Morgan fingerprint density at radius 1 is 0.293 bits per heavy atom. The first-order valence-corrected chi connectivity index (χ1v) is 19.7. The molecular formula is C39H82N2+2. The average Bonchev–Trinajstić information content (AvgIpc) is 3.11. The molecule has 1 rings (SSSR count). The van der Waals surface area contributed by atoms with E-state index in [-0.39, 0.29) is 0 Å². The predicted octanol–water partition coefficient (Wildman–Crippen LogP) is 12.2. The van der Waals surface area contributed by atoms with Crippen molar-refractivity contribution in [2.75, 3.05) is 53.4 Å². The van der Waals surface area contributed by atoms with Crippen LogP contribution in [0.5, 0.6) is 0 Å². The van der Waals surface area contributed by atoms with Crippen LogP contribution in [0.1, 0.15) is 200 Å². The molecule has 1 fully saturated rings. The molecule has 0 aromatic heterocycles. The second-order valence-corrected chi connectivity index (χ2v) is 15.1. The van der Waals surface area contributed by atoms with E-state index in [1.165, 1.54) is 234 Å². The maximum Gasteiger partial charge on any atom is 0.128 e. The smallest absolute Gasteiger partial charge is 0.128 e. The highest BCUT2D eigenvalue weighted by Crippen LogP contribution is 2.20.